The van der Waals surface area contributed by atoms with E-state index in [1.54, 1.807) is 23.7 Å². The smallest absolute Gasteiger partial charge is 0.145 e. The zero-order valence-electron chi connectivity index (χ0n) is 8.63. The topological polar surface area (TPSA) is 47.8 Å². The summed E-state index contributed by atoms with van der Waals surface area (Å²) in [6.07, 6.45) is 1.52. The van der Waals surface area contributed by atoms with Gasteiger partial charge in [0, 0.05) is 7.05 Å². The molecule has 2 rings (SSSR count). The maximum Gasteiger partial charge on any atom is 0.145 e. The van der Waals surface area contributed by atoms with Crippen LogP contribution in [0, 0.1) is 5.82 Å². The van der Waals surface area contributed by atoms with E-state index in [-0.39, 0.29) is 10.6 Å². The van der Waals surface area contributed by atoms with Crippen molar-refractivity contribution < 1.29 is 8.60 Å². The van der Waals surface area contributed by atoms with E-state index in [4.69, 9.17) is 0 Å². The molecule has 6 heteroatoms. The van der Waals surface area contributed by atoms with Crippen LogP contribution in [0.1, 0.15) is 5.82 Å². The van der Waals surface area contributed by atoms with Crippen LogP contribution in [-0.2, 0) is 23.6 Å². The second kappa shape index (κ2) is 4.52. The lowest BCUT2D eigenvalue weighted by atomic mass is 10.3. The van der Waals surface area contributed by atoms with Gasteiger partial charge >= 0.3 is 0 Å². The molecule has 0 radical (unpaired) electrons. The monoisotopic (exact) mass is 239 g/mol. The van der Waals surface area contributed by atoms with Crippen molar-refractivity contribution in [3.8, 4) is 0 Å². The van der Waals surface area contributed by atoms with E-state index in [0.29, 0.717) is 5.82 Å². The lowest BCUT2D eigenvalue weighted by Crippen LogP contribution is -2.04. The van der Waals surface area contributed by atoms with Crippen molar-refractivity contribution in [2.45, 2.75) is 10.6 Å². The summed E-state index contributed by atoms with van der Waals surface area (Å²) in [5.41, 5.74) is 0. The fourth-order valence-corrected chi connectivity index (χ4v) is 2.43. The first-order chi connectivity index (χ1) is 7.68. The number of hydrogen-bond donors (Lipinski definition) is 0. The number of nitrogens with zero attached hydrogens (tertiary/aromatic N) is 3. The molecular weight excluding hydrogens is 229 g/mol. The standard InChI is InChI=1S/C10H10FN3OS/c1-14-7-12-13-10(14)6-16(15)9-5-3-2-4-8(9)11/h2-5,7H,6H2,1H3. The van der Waals surface area contributed by atoms with Gasteiger partial charge in [0.2, 0.25) is 0 Å². The SMILES string of the molecule is Cn1cnnc1CS(=O)c1ccccc1F. The van der Waals surface area contributed by atoms with Crippen LogP contribution < -0.4 is 0 Å². The summed E-state index contributed by atoms with van der Waals surface area (Å²) in [7, 11) is 0.325. The minimum absolute atomic E-state index is 0.164. The summed E-state index contributed by atoms with van der Waals surface area (Å²) >= 11 is 0. The fraction of sp³-hybridized carbons (Fsp3) is 0.200. The number of hydrogen-bond acceptors (Lipinski definition) is 3. The van der Waals surface area contributed by atoms with Gasteiger partial charge in [-0.3, -0.25) is 4.21 Å². The molecule has 0 saturated carbocycles. The Morgan fingerprint density at radius 2 is 2.19 bits per heavy atom. The lowest BCUT2D eigenvalue weighted by molar-refractivity contribution is 0.595. The Bertz CT molecular complexity index is 526. The molecule has 1 heterocycles. The molecule has 0 saturated heterocycles. The summed E-state index contributed by atoms with van der Waals surface area (Å²) in [6.45, 7) is 0. The second-order valence-corrected chi connectivity index (χ2v) is 4.70. The molecule has 0 amide bonds. The Labute approximate surface area is 94.6 Å². The molecule has 0 fully saturated rings. The first-order valence-electron chi connectivity index (χ1n) is 4.64. The summed E-state index contributed by atoms with van der Waals surface area (Å²) in [6, 6.07) is 6.04. The average molecular weight is 239 g/mol. The molecule has 0 bridgehead atoms. The molecule has 0 aliphatic rings. The summed E-state index contributed by atoms with van der Waals surface area (Å²) in [5.74, 6) is 0.279. The first-order valence-corrected chi connectivity index (χ1v) is 5.96. The highest BCUT2D eigenvalue weighted by Crippen LogP contribution is 2.14. The average Bonchev–Trinajstić information content (AvgIpc) is 2.65. The quantitative estimate of drug-likeness (QED) is 0.810. The number of aryl methyl sites for hydroxylation is 1. The number of benzene rings is 1. The van der Waals surface area contributed by atoms with Gasteiger partial charge in [-0.25, -0.2) is 4.39 Å². The van der Waals surface area contributed by atoms with Crippen LogP contribution in [0.25, 0.3) is 0 Å². The highest BCUT2D eigenvalue weighted by Gasteiger charge is 2.12. The van der Waals surface area contributed by atoms with Crippen molar-refractivity contribution in [2.75, 3.05) is 0 Å². The number of rotatable bonds is 3. The van der Waals surface area contributed by atoms with Gasteiger partial charge in [-0.15, -0.1) is 10.2 Å². The normalized spacial score (nSPS) is 12.6. The Kier molecular flexibility index (Phi) is 3.09. The highest BCUT2D eigenvalue weighted by molar-refractivity contribution is 7.84. The number of aromatic nitrogens is 3. The van der Waals surface area contributed by atoms with Gasteiger partial charge in [0.15, 0.2) is 0 Å². The van der Waals surface area contributed by atoms with E-state index in [1.807, 2.05) is 0 Å². The van der Waals surface area contributed by atoms with Crippen molar-refractivity contribution in [1.82, 2.24) is 14.8 Å². The molecule has 0 spiro atoms. The zero-order chi connectivity index (χ0) is 11.5. The van der Waals surface area contributed by atoms with Crippen molar-refractivity contribution in [3.63, 3.8) is 0 Å². The van der Waals surface area contributed by atoms with Crippen LogP contribution in [0.5, 0.6) is 0 Å². The Hall–Kier alpha value is -1.56. The molecule has 0 aliphatic heterocycles. The van der Waals surface area contributed by atoms with E-state index < -0.39 is 16.6 Å². The van der Waals surface area contributed by atoms with E-state index >= 15 is 0 Å². The molecule has 2 aromatic rings. The maximum absolute atomic E-state index is 13.3. The van der Waals surface area contributed by atoms with Crippen LogP contribution in [-0.4, -0.2) is 19.0 Å². The molecule has 1 aromatic heterocycles. The van der Waals surface area contributed by atoms with Crippen molar-refractivity contribution in [3.05, 3.63) is 42.2 Å². The van der Waals surface area contributed by atoms with Gasteiger partial charge in [0.1, 0.15) is 18.0 Å². The van der Waals surface area contributed by atoms with Gasteiger partial charge in [0.05, 0.1) is 21.4 Å². The third-order valence-corrected chi connectivity index (χ3v) is 3.49. The molecule has 0 N–H and O–H groups in total. The van der Waals surface area contributed by atoms with Crippen LogP contribution in [0.3, 0.4) is 0 Å². The van der Waals surface area contributed by atoms with E-state index in [2.05, 4.69) is 10.2 Å². The summed E-state index contributed by atoms with van der Waals surface area (Å²) in [4.78, 5) is 0.200. The van der Waals surface area contributed by atoms with E-state index in [9.17, 15) is 8.60 Å². The molecular formula is C10H10FN3OS. The fourth-order valence-electron chi connectivity index (χ4n) is 1.26. The molecule has 1 aromatic carbocycles. The van der Waals surface area contributed by atoms with Crippen molar-refractivity contribution in [2.24, 2.45) is 7.05 Å². The van der Waals surface area contributed by atoms with Gasteiger partial charge in [-0.2, -0.15) is 0 Å². The third-order valence-electron chi connectivity index (χ3n) is 2.15. The molecule has 4 nitrogen and oxygen atoms in total. The molecule has 1 unspecified atom stereocenters. The van der Waals surface area contributed by atoms with Crippen LogP contribution in [0.4, 0.5) is 4.39 Å². The molecule has 1 atom stereocenters. The summed E-state index contributed by atoms with van der Waals surface area (Å²) in [5, 5.41) is 7.48. The Balaban J connectivity index is 2.22. The molecule has 84 valence electrons. The first kappa shape index (κ1) is 10.9. The van der Waals surface area contributed by atoms with Crippen LogP contribution in [0.15, 0.2) is 35.5 Å². The van der Waals surface area contributed by atoms with Gasteiger partial charge in [-0.05, 0) is 12.1 Å². The minimum atomic E-state index is -1.43. The van der Waals surface area contributed by atoms with Crippen LogP contribution >= 0.6 is 0 Å². The van der Waals surface area contributed by atoms with E-state index in [1.165, 1.54) is 18.5 Å². The van der Waals surface area contributed by atoms with Crippen LogP contribution in [0.2, 0.25) is 0 Å². The van der Waals surface area contributed by atoms with E-state index in [0.717, 1.165) is 0 Å². The Morgan fingerprint density at radius 1 is 1.44 bits per heavy atom. The molecule has 0 aliphatic carbocycles. The second-order valence-electron chi connectivity index (χ2n) is 3.28. The summed E-state index contributed by atoms with van der Waals surface area (Å²) < 4.78 is 26.9. The maximum atomic E-state index is 13.3. The predicted octanol–water partition coefficient (Wildman–Crippen LogP) is 1.26. The van der Waals surface area contributed by atoms with Gasteiger partial charge in [-0.1, -0.05) is 12.1 Å². The van der Waals surface area contributed by atoms with Crippen molar-refractivity contribution in [1.29, 1.82) is 0 Å². The lowest BCUT2D eigenvalue weighted by Gasteiger charge is -2.02. The number of halogens is 1. The van der Waals surface area contributed by atoms with Crippen molar-refractivity contribution >= 4 is 10.8 Å². The van der Waals surface area contributed by atoms with Gasteiger partial charge < -0.3 is 4.57 Å². The Morgan fingerprint density at radius 3 is 2.81 bits per heavy atom. The zero-order valence-corrected chi connectivity index (χ0v) is 9.45. The highest BCUT2D eigenvalue weighted by atomic mass is 32.2. The largest absolute Gasteiger partial charge is 0.320 e. The predicted molar refractivity (Wildman–Crippen MR) is 57.5 cm³/mol. The molecule has 16 heavy (non-hydrogen) atoms. The van der Waals surface area contributed by atoms with Gasteiger partial charge in [0.25, 0.3) is 0 Å². The third kappa shape index (κ3) is 2.16. The minimum Gasteiger partial charge on any atom is -0.320 e.